The highest BCUT2D eigenvalue weighted by Gasteiger charge is 2.30. The Morgan fingerprint density at radius 3 is 2.83 bits per heavy atom. The third kappa shape index (κ3) is 3.03. The molecule has 1 aliphatic heterocycles. The molecule has 2 aromatic rings. The number of rotatable bonds is 4. The average Bonchev–Trinajstić information content (AvgIpc) is 3.09. The van der Waals surface area contributed by atoms with Gasteiger partial charge in [0.05, 0.1) is 18.3 Å². The Hall–Kier alpha value is -1.73. The maximum Gasteiger partial charge on any atom is 0.254 e. The van der Waals surface area contributed by atoms with E-state index in [2.05, 4.69) is 15.1 Å². The molecule has 0 radical (unpaired) electrons. The van der Waals surface area contributed by atoms with Gasteiger partial charge in [0.25, 0.3) is 5.95 Å². The third-order valence-electron chi connectivity index (χ3n) is 3.99. The summed E-state index contributed by atoms with van der Waals surface area (Å²) in [6, 6.07) is 2.00. The van der Waals surface area contributed by atoms with Crippen LogP contribution in [0.25, 0.3) is 5.95 Å². The van der Waals surface area contributed by atoms with Crippen molar-refractivity contribution in [2.45, 2.75) is 32.7 Å². The minimum Gasteiger partial charge on any atom is -0.383 e. The molecule has 3 heterocycles. The van der Waals surface area contributed by atoms with Crippen LogP contribution in [0.3, 0.4) is 0 Å². The Kier molecular flexibility index (Phi) is 4.50. The molecular formula is C15H19ClFN5O. The van der Waals surface area contributed by atoms with Gasteiger partial charge in [-0.25, -0.2) is 4.68 Å². The van der Waals surface area contributed by atoms with Crippen LogP contribution in [0.4, 0.5) is 10.2 Å². The van der Waals surface area contributed by atoms with E-state index in [1.54, 1.807) is 11.8 Å². The van der Waals surface area contributed by atoms with E-state index in [1.165, 1.54) is 0 Å². The summed E-state index contributed by atoms with van der Waals surface area (Å²) in [5.41, 5.74) is 1.71. The predicted octanol–water partition coefficient (Wildman–Crippen LogP) is 2.69. The number of anilines is 1. The lowest BCUT2D eigenvalue weighted by Crippen LogP contribution is -2.34. The zero-order valence-electron chi connectivity index (χ0n) is 13.4. The van der Waals surface area contributed by atoms with E-state index >= 15 is 0 Å². The van der Waals surface area contributed by atoms with Gasteiger partial charge in [0, 0.05) is 19.3 Å². The van der Waals surface area contributed by atoms with Crippen LogP contribution in [0.2, 0.25) is 5.15 Å². The summed E-state index contributed by atoms with van der Waals surface area (Å²) in [6.07, 6.45) is 1.90. The quantitative estimate of drug-likeness (QED) is 0.802. The highest BCUT2D eigenvalue weighted by Crippen LogP contribution is 2.30. The van der Waals surface area contributed by atoms with Crippen LogP contribution in [0.5, 0.6) is 0 Å². The first kappa shape index (κ1) is 16.1. The molecule has 23 heavy (non-hydrogen) atoms. The van der Waals surface area contributed by atoms with Gasteiger partial charge in [-0.1, -0.05) is 11.6 Å². The zero-order valence-corrected chi connectivity index (χ0v) is 14.1. The fourth-order valence-electron chi connectivity index (χ4n) is 2.99. The molecule has 8 heteroatoms. The standard InChI is InChI=1S/C15H19ClFN5O/c1-9-7-10(2)22(20-9)15-18-13(16)12(17)14(19-15)21-6-4-5-11(21)8-23-3/h7,11H,4-6,8H2,1-3H3/t11-/m1/s1. The van der Waals surface area contributed by atoms with Crippen molar-refractivity contribution in [3.05, 3.63) is 28.4 Å². The van der Waals surface area contributed by atoms with E-state index in [0.717, 1.165) is 30.8 Å². The first-order chi connectivity index (χ1) is 11.0. The number of halogens is 2. The number of nitrogens with zero attached hydrogens (tertiary/aromatic N) is 5. The molecule has 6 nitrogen and oxygen atoms in total. The Balaban J connectivity index is 2.05. The Morgan fingerprint density at radius 2 is 2.17 bits per heavy atom. The van der Waals surface area contributed by atoms with Crippen molar-refractivity contribution in [3.63, 3.8) is 0 Å². The topological polar surface area (TPSA) is 56.1 Å². The van der Waals surface area contributed by atoms with Crippen molar-refractivity contribution in [3.8, 4) is 5.95 Å². The SMILES string of the molecule is COC[C@H]1CCCN1c1nc(-n2nc(C)cc2C)nc(Cl)c1F. The molecule has 1 fully saturated rings. The fourth-order valence-corrected chi connectivity index (χ4v) is 3.15. The molecule has 2 aromatic heterocycles. The van der Waals surface area contributed by atoms with Crippen LogP contribution in [0, 0.1) is 19.7 Å². The molecule has 0 spiro atoms. The molecule has 0 saturated carbocycles. The van der Waals surface area contributed by atoms with Gasteiger partial charge < -0.3 is 9.64 Å². The zero-order chi connectivity index (χ0) is 16.6. The van der Waals surface area contributed by atoms with Gasteiger partial charge in [-0.3, -0.25) is 0 Å². The fraction of sp³-hybridized carbons (Fsp3) is 0.533. The Labute approximate surface area is 139 Å². The molecule has 1 saturated heterocycles. The number of hydrogen-bond donors (Lipinski definition) is 0. The smallest absolute Gasteiger partial charge is 0.254 e. The second-order valence-electron chi connectivity index (χ2n) is 5.74. The first-order valence-electron chi connectivity index (χ1n) is 7.53. The van der Waals surface area contributed by atoms with Crippen LogP contribution in [0.15, 0.2) is 6.07 Å². The molecule has 3 rings (SSSR count). The molecular weight excluding hydrogens is 321 g/mol. The summed E-state index contributed by atoms with van der Waals surface area (Å²) in [6.45, 7) is 5.01. The van der Waals surface area contributed by atoms with Crippen LogP contribution in [-0.2, 0) is 4.74 Å². The molecule has 0 aliphatic carbocycles. The number of ether oxygens (including phenoxy) is 1. The van der Waals surface area contributed by atoms with E-state index in [4.69, 9.17) is 16.3 Å². The number of hydrogen-bond acceptors (Lipinski definition) is 5. The van der Waals surface area contributed by atoms with Gasteiger partial charge in [0.15, 0.2) is 11.0 Å². The van der Waals surface area contributed by atoms with Gasteiger partial charge in [0.1, 0.15) is 0 Å². The number of aryl methyl sites for hydroxylation is 2. The highest BCUT2D eigenvalue weighted by atomic mass is 35.5. The average molecular weight is 340 g/mol. The normalized spacial score (nSPS) is 18.0. The lowest BCUT2D eigenvalue weighted by Gasteiger charge is -2.25. The van der Waals surface area contributed by atoms with Crippen molar-refractivity contribution in [2.24, 2.45) is 0 Å². The van der Waals surface area contributed by atoms with Crippen LogP contribution in [0.1, 0.15) is 24.2 Å². The van der Waals surface area contributed by atoms with Gasteiger partial charge in [0.2, 0.25) is 5.82 Å². The maximum absolute atomic E-state index is 14.5. The van der Waals surface area contributed by atoms with Crippen molar-refractivity contribution in [1.29, 1.82) is 0 Å². The largest absolute Gasteiger partial charge is 0.383 e. The number of methoxy groups -OCH3 is 1. The molecule has 0 amide bonds. The Morgan fingerprint density at radius 1 is 1.39 bits per heavy atom. The van der Waals surface area contributed by atoms with Crippen molar-refractivity contribution < 1.29 is 9.13 Å². The van der Waals surface area contributed by atoms with Gasteiger partial charge in [-0.15, -0.1) is 0 Å². The van der Waals surface area contributed by atoms with E-state index in [0.29, 0.717) is 6.61 Å². The summed E-state index contributed by atoms with van der Waals surface area (Å²) in [5, 5.41) is 4.15. The lowest BCUT2D eigenvalue weighted by molar-refractivity contribution is 0.180. The molecule has 124 valence electrons. The van der Waals surface area contributed by atoms with E-state index in [1.807, 2.05) is 24.8 Å². The molecule has 0 unspecified atom stereocenters. The van der Waals surface area contributed by atoms with Gasteiger partial charge in [-0.2, -0.15) is 19.5 Å². The summed E-state index contributed by atoms with van der Waals surface area (Å²) >= 11 is 6.01. The van der Waals surface area contributed by atoms with Crippen LogP contribution < -0.4 is 4.90 Å². The van der Waals surface area contributed by atoms with Crippen molar-refractivity contribution in [1.82, 2.24) is 19.7 Å². The third-order valence-corrected chi connectivity index (χ3v) is 4.24. The summed E-state index contributed by atoms with van der Waals surface area (Å²) in [5.74, 6) is -0.105. The van der Waals surface area contributed by atoms with Crippen LogP contribution >= 0.6 is 11.6 Å². The highest BCUT2D eigenvalue weighted by molar-refractivity contribution is 6.29. The van der Waals surface area contributed by atoms with E-state index < -0.39 is 5.82 Å². The molecule has 1 atom stereocenters. The summed E-state index contributed by atoms with van der Waals surface area (Å²) in [7, 11) is 1.64. The minimum absolute atomic E-state index is 0.0915. The second-order valence-corrected chi connectivity index (χ2v) is 6.09. The predicted molar refractivity (Wildman–Crippen MR) is 85.8 cm³/mol. The first-order valence-corrected chi connectivity index (χ1v) is 7.91. The molecule has 0 aromatic carbocycles. The van der Waals surface area contributed by atoms with Crippen LogP contribution in [-0.4, -0.2) is 46.1 Å². The Bertz CT molecular complexity index is 720. The maximum atomic E-state index is 14.5. The molecule has 0 bridgehead atoms. The van der Waals surface area contributed by atoms with E-state index in [-0.39, 0.29) is 23.0 Å². The molecule has 1 aliphatic rings. The molecule has 0 N–H and O–H groups in total. The summed E-state index contributed by atoms with van der Waals surface area (Å²) < 4.78 is 21.3. The van der Waals surface area contributed by atoms with Gasteiger partial charge >= 0.3 is 0 Å². The van der Waals surface area contributed by atoms with Crippen molar-refractivity contribution >= 4 is 17.4 Å². The lowest BCUT2D eigenvalue weighted by atomic mass is 10.2. The van der Waals surface area contributed by atoms with Gasteiger partial charge in [-0.05, 0) is 32.8 Å². The van der Waals surface area contributed by atoms with Crippen molar-refractivity contribution in [2.75, 3.05) is 25.2 Å². The summed E-state index contributed by atoms with van der Waals surface area (Å²) in [4.78, 5) is 10.3. The monoisotopic (exact) mass is 339 g/mol. The number of aromatic nitrogens is 4. The second kappa shape index (κ2) is 6.41. The van der Waals surface area contributed by atoms with E-state index in [9.17, 15) is 4.39 Å². The minimum atomic E-state index is -0.597.